The van der Waals surface area contributed by atoms with Crippen molar-refractivity contribution in [3.8, 4) is 0 Å². The van der Waals surface area contributed by atoms with Crippen LogP contribution in [0.4, 0.5) is 4.39 Å². The molecule has 2 heterocycles. The highest BCUT2D eigenvalue weighted by Crippen LogP contribution is 2.32. The Labute approximate surface area is 123 Å². The molecule has 110 valence electrons. The Kier molecular flexibility index (Phi) is 3.75. The van der Waals surface area contributed by atoms with E-state index in [0.29, 0.717) is 13.0 Å². The first-order chi connectivity index (χ1) is 10.1. The third-order valence-electron chi connectivity index (χ3n) is 4.01. The van der Waals surface area contributed by atoms with Gasteiger partial charge >= 0.3 is 0 Å². The number of likely N-dealkylation sites (N-methyl/N-ethyl adjacent to an activating group) is 1. The van der Waals surface area contributed by atoms with E-state index in [-0.39, 0.29) is 23.8 Å². The molecule has 3 rings (SSSR count). The van der Waals surface area contributed by atoms with Crippen LogP contribution in [0.1, 0.15) is 23.7 Å². The summed E-state index contributed by atoms with van der Waals surface area (Å²) in [5.41, 5.74) is 2.03. The molecule has 1 aliphatic rings. The molecule has 1 saturated heterocycles. The molecule has 1 aliphatic heterocycles. The summed E-state index contributed by atoms with van der Waals surface area (Å²) in [4.78, 5) is 16.9. The minimum absolute atomic E-state index is 0.0243. The minimum Gasteiger partial charge on any atom is -0.364 e. The van der Waals surface area contributed by atoms with Crippen molar-refractivity contribution in [2.45, 2.75) is 25.0 Å². The molecule has 21 heavy (non-hydrogen) atoms. The number of H-pyrrole nitrogens is 1. The van der Waals surface area contributed by atoms with E-state index < -0.39 is 0 Å². The van der Waals surface area contributed by atoms with Gasteiger partial charge in [-0.25, -0.2) is 4.39 Å². The molecule has 0 aliphatic carbocycles. The normalized spacial score (nSPS) is 22.0. The SMILES string of the molecule is CN1C(=O)C[C@H](NCc2ccc[nH]2)[C@H]1c1ccc(F)cc1. The summed E-state index contributed by atoms with van der Waals surface area (Å²) >= 11 is 0. The van der Waals surface area contributed by atoms with Crippen molar-refractivity contribution in [3.63, 3.8) is 0 Å². The summed E-state index contributed by atoms with van der Waals surface area (Å²) in [5.74, 6) is -0.157. The number of nitrogens with one attached hydrogen (secondary N) is 2. The number of aromatic nitrogens is 1. The molecule has 0 unspecified atom stereocenters. The number of aromatic amines is 1. The quantitative estimate of drug-likeness (QED) is 0.906. The molecule has 0 saturated carbocycles. The maximum absolute atomic E-state index is 13.1. The van der Waals surface area contributed by atoms with Gasteiger partial charge in [-0.1, -0.05) is 12.1 Å². The Morgan fingerprint density at radius 2 is 2.10 bits per heavy atom. The molecular weight excluding hydrogens is 269 g/mol. The van der Waals surface area contributed by atoms with Gasteiger partial charge in [0, 0.05) is 37.9 Å². The third kappa shape index (κ3) is 2.83. The van der Waals surface area contributed by atoms with Crippen LogP contribution in [0, 0.1) is 5.82 Å². The zero-order chi connectivity index (χ0) is 14.8. The molecule has 5 heteroatoms. The van der Waals surface area contributed by atoms with E-state index in [2.05, 4.69) is 10.3 Å². The van der Waals surface area contributed by atoms with Gasteiger partial charge < -0.3 is 15.2 Å². The number of rotatable bonds is 4. The van der Waals surface area contributed by atoms with Crippen LogP contribution < -0.4 is 5.32 Å². The first-order valence-corrected chi connectivity index (χ1v) is 7.02. The van der Waals surface area contributed by atoms with Crippen molar-refractivity contribution in [1.82, 2.24) is 15.2 Å². The topological polar surface area (TPSA) is 48.1 Å². The number of benzene rings is 1. The van der Waals surface area contributed by atoms with Crippen molar-refractivity contribution < 1.29 is 9.18 Å². The van der Waals surface area contributed by atoms with Gasteiger partial charge in [0.05, 0.1) is 6.04 Å². The van der Waals surface area contributed by atoms with Crippen LogP contribution >= 0.6 is 0 Å². The minimum atomic E-state index is -0.262. The largest absolute Gasteiger partial charge is 0.364 e. The lowest BCUT2D eigenvalue weighted by atomic mass is 10.00. The smallest absolute Gasteiger partial charge is 0.224 e. The van der Waals surface area contributed by atoms with Crippen LogP contribution in [0.5, 0.6) is 0 Å². The Balaban J connectivity index is 1.77. The monoisotopic (exact) mass is 287 g/mol. The highest BCUT2D eigenvalue weighted by atomic mass is 19.1. The average Bonchev–Trinajstić information content (AvgIpc) is 3.08. The number of carbonyl (C=O) groups is 1. The molecule has 4 nitrogen and oxygen atoms in total. The predicted molar refractivity (Wildman–Crippen MR) is 77.9 cm³/mol. The van der Waals surface area contributed by atoms with E-state index in [9.17, 15) is 9.18 Å². The van der Waals surface area contributed by atoms with Gasteiger partial charge in [0.25, 0.3) is 0 Å². The van der Waals surface area contributed by atoms with Crippen molar-refractivity contribution >= 4 is 5.91 Å². The van der Waals surface area contributed by atoms with Gasteiger partial charge in [0.2, 0.25) is 5.91 Å². The fourth-order valence-corrected chi connectivity index (χ4v) is 2.89. The fraction of sp³-hybridized carbons (Fsp3) is 0.312. The lowest BCUT2D eigenvalue weighted by Crippen LogP contribution is -2.34. The van der Waals surface area contributed by atoms with Gasteiger partial charge in [-0.2, -0.15) is 0 Å². The molecular formula is C16H18FN3O. The van der Waals surface area contributed by atoms with Crippen LogP contribution in [0.25, 0.3) is 0 Å². The molecule has 1 aromatic carbocycles. The third-order valence-corrected chi connectivity index (χ3v) is 4.01. The number of hydrogen-bond donors (Lipinski definition) is 2. The van der Waals surface area contributed by atoms with E-state index in [1.165, 1.54) is 12.1 Å². The molecule has 2 N–H and O–H groups in total. The molecule has 2 aromatic rings. The van der Waals surface area contributed by atoms with Gasteiger partial charge in [0.15, 0.2) is 0 Å². The van der Waals surface area contributed by atoms with Gasteiger partial charge in [-0.15, -0.1) is 0 Å². The van der Waals surface area contributed by atoms with E-state index in [0.717, 1.165) is 11.3 Å². The second-order valence-corrected chi connectivity index (χ2v) is 5.39. The van der Waals surface area contributed by atoms with Crippen LogP contribution in [-0.4, -0.2) is 28.9 Å². The van der Waals surface area contributed by atoms with Crippen LogP contribution in [-0.2, 0) is 11.3 Å². The molecule has 0 bridgehead atoms. The first kappa shape index (κ1) is 13.8. The Bertz CT molecular complexity index is 609. The Morgan fingerprint density at radius 1 is 1.33 bits per heavy atom. The maximum Gasteiger partial charge on any atom is 0.224 e. The zero-order valence-electron chi connectivity index (χ0n) is 11.8. The van der Waals surface area contributed by atoms with Crippen molar-refractivity contribution in [1.29, 1.82) is 0 Å². The standard InChI is InChI=1S/C16H18FN3O/c1-20-15(21)9-14(19-10-13-3-2-8-18-13)16(20)11-4-6-12(17)7-5-11/h2-8,14,16,18-19H,9-10H2,1H3/t14-,16+/m0/s1. The predicted octanol–water partition coefficient (Wildman–Crippen LogP) is 2.22. The lowest BCUT2D eigenvalue weighted by Gasteiger charge is -2.26. The van der Waals surface area contributed by atoms with Gasteiger partial charge in [0.1, 0.15) is 5.82 Å². The molecule has 0 spiro atoms. The average molecular weight is 287 g/mol. The van der Waals surface area contributed by atoms with E-state index >= 15 is 0 Å². The maximum atomic E-state index is 13.1. The van der Waals surface area contributed by atoms with Gasteiger partial charge in [-0.3, -0.25) is 4.79 Å². The highest BCUT2D eigenvalue weighted by Gasteiger charge is 2.38. The molecule has 1 fully saturated rings. The zero-order valence-corrected chi connectivity index (χ0v) is 11.8. The number of carbonyl (C=O) groups excluding carboxylic acids is 1. The summed E-state index contributed by atoms with van der Waals surface area (Å²) in [6, 6.07) is 10.3. The summed E-state index contributed by atoms with van der Waals surface area (Å²) in [6.07, 6.45) is 2.33. The van der Waals surface area contributed by atoms with Crippen molar-refractivity contribution in [2.75, 3.05) is 7.05 Å². The number of halogens is 1. The van der Waals surface area contributed by atoms with E-state index in [1.54, 1.807) is 24.1 Å². The van der Waals surface area contributed by atoms with Crippen molar-refractivity contribution in [2.24, 2.45) is 0 Å². The number of hydrogen-bond acceptors (Lipinski definition) is 2. The van der Waals surface area contributed by atoms with Crippen LogP contribution in [0.2, 0.25) is 0 Å². The summed E-state index contributed by atoms with van der Waals surface area (Å²) in [5, 5.41) is 3.42. The van der Waals surface area contributed by atoms with E-state index in [4.69, 9.17) is 0 Å². The van der Waals surface area contributed by atoms with Crippen molar-refractivity contribution in [3.05, 3.63) is 59.7 Å². The highest BCUT2D eigenvalue weighted by molar-refractivity contribution is 5.80. The van der Waals surface area contributed by atoms with Crippen LogP contribution in [0.3, 0.4) is 0 Å². The summed E-state index contributed by atoms with van der Waals surface area (Å²) in [7, 11) is 1.80. The molecule has 2 atom stereocenters. The number of amides is 1. The Hall–Kier alpha value is -2.14. The summed E-state index contributed by atoms with van der Waals surface area (Å²) < 4.78 is 13.1. The molecule has 1 amide bonds. The van der Waals surface area contributed by atoms with Crippen LogP contribution in [0.15, 0.2) is 42.6 Å². The Morgan fingerprint density at radius 3 is 2.76 bits per heavy atom. The fourth-order valence-electron chi connectivity index (χ4n) is 2.89. The lowest BCUT2D eigenvalue weighted by molar-refractivity contribution is -0.127. The summed E-state index contributed by atoms with van der Waals surface area (Å²) in [6.45, 7) is 0.677. The van der Waals surface area contributed by atoms with Gasteiger partial charge in [-0.05, 0) is 29.8 Å². The number of likely N-dealkylation sites (tertiary alicyclic amines) is 1. The number of nitrogens with zero attached hydrogens (tertiary/aromatic N) is 1. The molecule has 0 radical (unpaired) electrons. The first-order valence-electron chi connectivity index (χ1n) is 7.02. The second kappa shape index (κ2) is 5.69. The second-order valence-electron chi connectivity index (χ2n) is 5.39. The molecule has 1 aromatic heterocycles. The van der Waals surface area contributed by atoms with E-state index in [1.807, 2.05) is 18.3 Å².